The number of amides is 2. The van der Waals surface area contributed by atoms with Gasteiger partial charge in [0.25, 0.3) is 18.2 Å². The molecule has 0 unspecified atom stereocenters. The minimum atomic E-state index is -2.77. The predicted octanol–water partition coefficient (Wildman–Crippen LogP) is 5.62. The molecule has 1 N–H and O–H groups in total. The van der Waals surface area contributed by atoms with Crippen LogP contribution in [0.1, 0.15) is 54.8 Å². The molecular weight excluding hydrogens is 550 g/mol. The number of alkyl halides is 2. The molecule has 200 valence electrons. The lowest BCUT2D eigenvalue weighted by atomic mass is 10.0. The second kappa shape index (κ2) is 10.6. The molecular formula is C26H21ClF2N6O3S. The van der Waals surface area contributed by atoms with Crippen LogP contribution in [0, 0.1) is 13.8 Å². The van der Waals surface area contributed by atoms with E-state index in [1.165, 1.54) is 47.9 Å². The molecule has 0 atom stereocenters. The van der Waals surface area contributed by atoms with Crippen LogP contribution in [0.3, 0.4) is 0 Å². The summed E-state index contributed by atoms with van der Waals surface area (Å²) in [5.41, 5.74) is 2.80. The maximum atomic E-state index is 13.3. The average molecular weight is 571 g/mol. The van der Waals surface area contributed by atoms with Crippen molar-refractivity contribution >= 4 is 39.9 Å². The Morgan fingerprint density at radius 3 is 2.62 bits per heavy atom. The fraction of sp³-hybridized carbons (Fsp3) is 0.231. The lowest BCUT2D eigenvalue weighted by molar-refractivity contribution is 0.0742. The first kappa shape index (κ1) is 26.6. The molecule has 0 saturated carbocycles. The second-order valence-corrected chi connectivity index (χ2v) is 10.3. The first-order valence-electron chi connectivity index (χ1n) is 11.7. The van der Waals surface area contributed by atoms with Crippen molar-refractivity contribution in [2.45, 2.75) is 33.4 Å². The minimum Gasteiger partial charge on any atom is -0.494 e. The summed E-state index contributed by atoms with van der Waals surface area (Å²) < 4.78 is 31.6. The summed E-state index contributed by atoms with van der Waals surface area (Å²) in [5.74, 6) is -0.441. The molecule has 0 bridgehead atoms. The number of rotatable bonds is 6. The van der Waals surface area contributed by atoms with Gasteiger partial charge in [0.05, 0.1) is 42.5 Å². The Morgan fingerprint density at radius 2 is 1.90 bits per heavy atom. The zero-order chi connectivity index (χ0) is 27.8. The van der Waals surface area contributed by atoms with E-state index in [1.807, 2.05) is 0 Å². The van der Waals surface area contributed by atoms with E-state index in [9.17, 15) is 18.4 Å². The van der Waals surface area contributed by atoms with Gasteiger partial charge >= 0.3 is 0 Å². The average Bonchev–Trinajstić information content (AvgIpc) is 3.47. The second-order valence-electron chi connectivity index (χ2n) is 8.79. The number of halogens is 3. The number of hydrogen-bond donors (Lipinski definition) is 1. The SMILES string of the molecule is COc1cnc(Cl)cc1-c1cc(C)ncc1C(=O)Nc1nc2c(s1)CN(C(=O)c1nc(C(F)F)ccc1C)C2. The maximum Gasteiger partial charge on any atom is 0.280 e. The van der Waals surface area contributed by atoms with Crippen molar-refractivity contribution in [3.05, 3.63) is 80.6 Å². The number of anilines is 1. The van der Waals surface area contributed by atoms with Crippen LogP contribution in [-0.2, 0) is 13.1 Å². The number of aryl methyl sites for hydroxylation is 2. The Bertz CT molecular complexity index is 1590. The van der Waals surface area contributed by atoms with Gasteiger partial charge in [-0.15, -0.1) is 0 Å². The van der Waals surface area contributed by atoms with Crippen molar-refractivity contribution in [1.82, 2.24) is 24.8 Å². The van der Waals surface area contributed by atoms with Gasteiger partial charge in [-0.1, -0.05) is 29.0 Å². The van der Waals surface area contributed by atoms with Gasteiger partial charge in [0, 0.05) is 23.0 Å². The van der Waals surface area contributed by atoms with Crippen LogP contribution < -0.4 is 10.1 Å². The van der Waals surface area contributed by atoms with Gasteiger partial charge in [-0.3, -0.25) is 19.9 Å². The van der Waals surface area contributed by atoms with Crippen LogP contribution >= 0.6 is 22.9 Å². The van der Waals surface area contributed by atoms with Crippen molar-refractivity contribution in [1.29, 1.82) is 0 Å². The standard InChI is InChI=1S/C26H21ClF2N6O3S/c1-12-4-5-17(23(28)29)32-22(12)25(37)35-10-18-20(11-35)39-26(33-18)34-24(36)16-8-30-13(2)6-14(16)15-7-21(27)31-9-19(15)38-3/h4-9,23H,10-11H2,1-3H3,(H,33,34,36). The van der Waals surface area contributed by atoms with Gasteiger partial charge in [0.1, 0.15) is 22.3 Å². The van der Waals surface area contributed by atoms with Gasteiger partial charge < -0.3 is 9.64 Å². The molecule has 0 aromatic carbocycles. The fourth-order valence-electron chi connectivity index (χ4n) is 4.19. The van der Waals surface area contributed by atoms with Crippen LogP contribution in [0.2, 0.25) is 5.15 Å². The van der Waals surface area contributed by atoms with Gasteiger partial charge in [-0.25, -0.2) is 23.7 Å². The molecule has 0 radical (unpaired) electrons. The fourth-order valence-corrected chi connectivity index (χ4v) is 5.33. The van der Waals surface area contributed by atoms with Crippen LogP contribution in [0.15, 0.2) is 36.7 Å². The van der Waals surface area contributed by atoms with Gasteiger partial charge in [0.15, 0.2) is 5.13 Å². The molecule has 2 amide bonds. The number of pyridine rings is 3. The maximum absolute atomic E-state index is 13.3. The molecule has 5 heterocycles. The highest BCUT2D eigenvalue weighted by atomic mass is 35.5. The number of methoxy groups -OCH3 is 1. The number of hydrogen-bond acceptors (Lipinski definition) is 8. The Balaban J connectivity index is 1.35. The molecule has 4 aromatic rings. The predicted molar refractivity (Wildman–Crippen MR) is 141 cm³/mol. The van der Waals surface area contributed by atoms with Crippen LogP contribution in [-0.4, -0.2) is 43.8 Å². The third-order valence-corrected chi connectivity index (χ3v) is 7.34. The molecule has 13 heteroatoms. The Hall–Kier alpha value is -4.03. The molecule has 0 spiro atoms. The zero-order valence-electron chi connectivity index (χ0n) is 21.0. The summed E-state index contributed by atoms with van der Waals surface area (Å²) in [7, 11) is 1.50. The molecule has 0 fully saturated rings. The van der Waals surface area contributed by atoms with Crippen molar-refractivity contribution < 1.29 is 23.1 Å². The largest absolute Gasteiger partial charge is 0.494 e. The van der Waals surface area contributed by atoms with Gasteiger partial charge in [-0.2, -0.15) is 0 Å². The molecule has 9 nitrogen and oxygen atoms in total. The van der Waals surface area contributed by atoms with Gasteiger partial charge in [-0.05, 0) is 37.6 Å². The number of ether oxygens (including phenoxy) is 1. The third-order valence-electron chi connectivity index (χ3n) is 6.14. The number of nitrogens with one attached hydrogen (secondary N) is 1. The van der Waals surface area contributed by atoms with E-state index in [1.54, 1.807) is 26.0 Å². The van der Waals surface area contributed by atoms with Crippen molar-refractivity contribution in [2.24, 2.45) is 0 Å². The first-order chi connectivity index (χ1) is 18.6. The smallest absolute Gasteiger partial charge is 0.280 e. The van der Waals surface area contributed by atoms with Crippen molar-refractivity contribution in [3.63, 3.8) is 0 Å². The molecule has 5 rings (SSSR count). The Kier molecular flexibility index (Phi) is 7.23. The van der Waals surface area contributed by atoms with E-state index in [4.69, 9.17) is 16.3 Å². The minimum absolute atomic E-state index is 0.0116. The Labute approximate surface area is 230 Å². The van der Waals surface area contributed by atoms with Crippen molar-refractivity contribution in [2.75, 3.05) is 12.4 Å². The van der Waals surface area contributed by atoms with E-state index in [2.05, 4.69) is 25.3 Å². The molecule has 1 aliphatic heterocycles. The summed E-state index contributed by atoms with van der Waals surface area (Å²) in [4.78, 5) is 45.3. The third kappa shape index (κ3) is 5.30. The highest BCUT2D eigenvalue weighted by Gasteiger charge is 2.30. The van der Waals surface area contributed by atoms with E-state index < -0.39 is 23.9 Å². The summed E-state index contributed by atoms with van der Waals surface area (Å²) in [6, 6.07) is 6.04. The monoisotopic (exact) mass is 570 g/mol. The normalized spacial score (nSPS) is 12.5. The van der Waals surface area contributed by atoms with E-state index in [0.717, 1.165) is 4.88 Å². The summed E-state index contributed by atoms with van der Waals surface area (Å²) in [5, 5.41) is 3.42. The highest BCUT2D eigenvalue weighted by molar-refractivity contribution is 7.16. The molecule has 1 aliphatic rings. The van der Waals surface area contributed by atoms with Crippen LogP contribution in [0.4, 0.5) is 13.9 Å². The van der Waals surface area contributed by atoms with E-state index in [-0.39, 0.29) is 29.5 Å². The topological polar surface area (TPSA) is 110 Å². The summed E-state index contributed by atoms with van der Waals surface area (Å²) in [6.07, 6.45) is 0.179. The van der Waals surface area contributed by atoms with Crippen molar-refractivity contribution in [3.8, 4) is 16.9 Å². The number of carbonyl (C=O) groups excluding carboxylic acids is 2. The lowest BCUT2D eigenvalue weighted by Gasteiger charge is -2.17. The quantitative estimate of drug-likeness (QED) is 0.300. The van der Waals surface area contributed by atoms with Crippen LogP contribution in [0.5, 0.6) is 5.75 Å². The number of aromatic nitrogens is 4. The molecule has 0 saturated heterocycles. The number of nitrogens with zero attached hydrogens (tertiary/aromatic N) is 5. The zero-order valence-corrected chi connectivity index (χ0v) is 22.5. The van der Waals surface area contributed by atoms with E-state index in [0.29, 0.717) is 39.0 Å². The molecule has 4 aromatic heterocycles. The molecule has 0 aliphatic carbocycles. The van der Waals surface area contributed by atoms with Gasteiger partial charge in [0.2, 0.25) is 0 Å². The summed E-state index contributed by atoms with van der Waals surface area (Å²) >= 11 is 7.35. The Morgan fingerprint density at radius 1 is 1.10 bits per heavy atom. The number of carbonyl (C=O) groups is 2. The summed E-state index contributed by atoms with van der Waals surface area (Å²) in [6.45, 7) is 3.85. The van der Waals surface area contributed by atoms with Crippen LogP contribution in [0.25, 0.3) is 11.1 Å². The highest BCUT2D eigenvalue weighted by Crippen LogP contribution is 2.36. The lowest BCUT2D eigenvalue weighted by Crippen LogP contribution is -2.27. The number of thiazole rings is 1. The first-order valence-corrected chi connectivity index (χ1v) is 12.9. The van der Waals surface area contributed by atoms with E-state index >= 15 is 0 Å². The molecule has 39 heavy (non-hydrogen) atoms. The number of fused-ring (bicyclic) bond motifs is 1.